The number of amides is 1. The minimum absolute atomic E-state index is 0.0460. The third-order valence-electron chi connectivity index (χ3n) is 5.47. The largest absolute Gasteiger partial charge is 0.495 e. The van der Waals surface area contributed by atoms with Gasteiger partial charge in [-0.2, -0.15) is 5.26 Å². The maximum absolute atomic E-state index is 12.8. The number of hydrogen-bond acceptors (Lipinski definition) is 5. The Balaban J connectivity index is 1.50. The number of aromatic nitrogens is 1. The maximum atomic E-state index is 12.8. The molecular weight excluding hydrogens is 400 g/mol. The van der Waals surface area contributed by atoms with Crippen molar-refractivity contribution in [3.8, 4) is 11.8 Å². The second-order valence-corrected chi connectivity index (χ2v) is 7.68. The molecule has 0 saturated carbocycles. The molecule has 1 aromatic heterocycles. The van der Waals surface area contributed by atoms with Gasteiger partial charge < -0.3 is 15.0 Å². The number of rotatable bonds is 4. The highest BCUT2D eigenvalue weighted by Crippen LogP contribution is 2.33. The molecule has 152 valence electrons. The summed E-state index contributed by atoms with van der Waals surface area (Å²) in [6.45, 7) is 1.38. The Morgan fingerprint density at radius 1 is 1.27 bits per heavy atom. The number of carbonyl (C=O) groups is 1. The van der Waals surface area contributed by atoms with Gasteiger partial charge in [0.1, 0.15) is 11.8 Å². The van der Waals surface area contributed by atoms with E-state index in [0.29, 0.717) is 48.0 Å². The number of para-hydroxylation sites is 1. The van der Waals surface area contributed by atoms with Crippen LogP contribution < -0.4 is 15.0 Å². The van der Waals surface area contributed by atoms with E-state index in [-0.39, 0.29) is 11.8 Å². The average Bonchev–Trinajstić information content (AvgIpc) is 2.78. The van der Waals surface area contributed by atoms with E-state index in [1.54, 1.807) is 31.5 Å². The number of nitriles is 1. The van der Waals surface area contributed by atoms with Crippen molar-refractivity contribution in [1.82, 2.24) is 4.98 Å². The smallest absolute Gasteiger partial charge is 0.227 e. The monoisotopic (exact) mass is 420 g/mol. The van der Waals surface area contributed by atoms with E-state index in [4.69, 9.17) is 16.3 Å². The molecule has 0 unspecified atom stereocenters. The number of ether oxygens (including phenoxy) is 1. The Morgan fingerprint density at radius 3 is 2.77 bits per heavy atom. The number of carbonyl (C=O) groups excluding carboxylic acids is 1. The molecule has 0 aliphatic carbocycles. The Labute approximate surface area is 180 Å². The first kappa shape index (κ1) is 20.0. The molecule has 1 amide bonds. The predicted molar refractivity (Wildman–Crippen MR) is 118 cm³/mol. The lowest BCUT2D eigenvalue weighted by atomic mass is 9.94. The highest BCUT2D eigenvalue weighted by Gasteiger charge is 2.27. The van der Waals surface area contributed by atoms with Gasteiger partial charge in [-0.1, -0.05) is 29.8 Å². The lowest BCUT2D eigenvalue weighted by Gasteiger charge is -2.34. The molecule has 30 heavy (non-hydrogen) atoms. The standard InChI is InChI=1S/C23H21ClN4O2/c1-30-21-7-6-17(24)12-20(21)27-23(29)15-8-10-28(11-9-15)22-16(13-25)14-26-19-5-3-2-4-18(19)22/h2-7,12,14-15H,8-11H2,1H3,(H,27,29). The summed E-state index contributed by atoms with van der Waals surface area (Å²) in [5.41, 5.74) is 2.89. The molecule has 0 atom stereocenters. The van der Waals surface area contributed by atoms with Crippen LogP contribution in [0.25, 0.3) is 10.9 Å². The first-order valence-corrected chi connectivity index (χ1v) is 10.2. The van der Waals surface area contributed by atoms with Crippen molar-refractivity contribution in [3.63, 3.8) is 0 Å². The molecule has 7 heteroatoms. The van der Waals surface area contributed by atoms with Crippen LogP contribution in [0, 0.1) is 17.2 Å². The lowest BCUT2D eigenvalue weighted by molar-refractivity contribution is -0.120. The quantitative estimate of drug-likeness (QED) is 0.666. The topological polar surface area (TPSA) is 78.2 Å². The Bertz CT molecular complexity index is 1130. The number of hydrogen-bond donors (Lipinski definition) is 1. The summed E-state index contributed by atoms with van der Waals surface area (Å²) in [6, 6.07) is 15.2. The second kappa shape index (κ2) is 8.60. The Hall–Kier alpha value is -3.30. The van der Waals surface area contributed by atoms with Crippen molar-refractivity contribution in [2.75, 3.05) is 30.4 Å². The van der Waals surface area contributed by atoms with Crippen LogP contribution >= 0.6 is 11.6 Å². The van der Waals surface area contributed by atoms with E-state index < -0.39 is 0 Å². The van der Waals surface area contributed by atoms with Gasteiger partial charge in [0, 0.05) is 35.6 Å². The minimum Gasteiger partial charge on any atom is -0.495 e. The predicted octanol–water partition coefficient (Wildman–Crippen LogP) is 4.62. The van der Waals surface area contributed by atoms with Gasteiger partial charge in [0.2, 0.25) is 5.91 Å². The molecule has 0 bridgehead atoms. The van der Waals surface area contributed by atoms with Gasteiger partial charge in [0.05, 0.1) is 29.6 Å². The molecule has 1 aliphatic rings. The lowest BCUT2D eigenvalue weighted by Crippen LogP contribution is -2.38. The molecule has 1 saturated heterocycles. The molecule has 2 heterocycles. The number of methoxy groups -OCH3 is 1. The van der Waals surface area contributed by atoms with Crippen LogP contribution in [-0.4, -0.2) is 31.1 Å². The highest BCUT2D eigenvalue weighted by molar-refractivity contribution is 6.31. The van der Waals surface area contributed by atoms with E-state index in [1.165, 1.54) is 0 Å². The summed E-state index contributed by atoms with van der Waals surface area (Å²) in [6.07, 6.45) is 3.01. The second-order valence-electron chi connectivity index (χ2n) is 7.24. The summed E-state index contributed by atoms with van der Waals surface area (Å²) in [5, 5.41) is 14.0. The summed E-state index contributed by atoms with van der Waals surface area (Å²) >= 11 is 6.06. The zero-order valence-electron chi connectivity index (χ0n) is 16.6. The number of halogens is 1. The number of piperidine rings is 1. The molecule has 2 aromatic carbocycles. The summed E-state index contributed by atoms with van der Waals surface area (Å²) in [4.78, 5) is 19.4. The average molecular weight is 421 g/mol. The van der Waals surface area contributed by atoms with E-state index in [1.807, 2.05) is 24.3 Å². The molecule has 3 aromatic rings. The number of pyridine rings is 1. The zero-order valence-corrected chi connectivity index (χ0v) is 17.3. The highest BCUT2D eigenvalue weighted by atomic mass is 35.5. The third kappa shape index (κ3) is 3.89. The van der Waals surface area contributed by atoms with Gasteiger partial charge in [-0.15, -0.1) is 0 Å². The van der Waals surface area contributed by atoms with Crippen molar-refractivity contribution in [2.45, 2.75) is 12.8 Å². The molecule has 0 spiro atoms. The minimum atomic E-state index is -0.122. The summed E-state index contributed by atoms with van der Waals surface area (Å²) < 4.78 is 5.31. The van der Waals surface area contributed by atoms with Crippen LogP contribution in [0.15, 0.2) is 48.7 Å². The Kier molecular flexibility index (Phi) is 5.73. The number of nitrogens with zero attached hydrogens (tertiary/aromatic N) is 3. The summed E-state index contributed by atoms with van der Waals surface area (Å²) in [5.74, 6) is 0.408. The van der Waals surface area contributed by atoms with Gasteiger partial charge in [-0.05, 0) is 37.1 Å². The zero-order chi connectivity index (χ0) is 21.1. The normalized spacial score (nSPS) is 14.4. The van der Waals surface area contributed by atoms with Crippen molar-refractivity contribution in [1.29, 1.82) is 5.26 Å². The van der Waals surface area contributed by atoms with Crippen LogP contribution in [0.1, 0.15) is 18.4 Å². The maximum Gasteiger partial charge on any atom is 0.227 e. The first-order valence-electron chi connectivity index (χ1n) is 9.78. The van der Waals surface area contributed by atoms with Crippen LogP contribution in [0.2, 0.25) is 5.02 Å². The van der Waals surface area contributed by atoms with Crippen LogP contribution in [0.4, 0.5) is 11.4 Å². The van der Waals surface area contributed by atoms with Crippen LogP contribution in [0.3, 0.4) is 0 Å². The number of fused-ring (bicyclic) bond motifs is 1. The fraction of sp³-hybridized carbons (Fsp3) is 0.261. The van der Waals surface area contributed by atoms with Gasteiger partial charge in [-0.25, -0.2) is 0 Å². The number of anilines is 2. The molecule has 1 aliphatic heterocycles. The van der Waals surface area contributed by atoms with E-state index in [0.717, 1.165) is 16.6 Å². The molecule has 1 fully saturated rings. The molecule has 4 rings (SSSR count). The summed E-state index contributed by atoms with van der Waals surface area (Å²) in [7, 11) is 1.56. The van der Waals surface area contributed by atoms with Crippen LogP contribution in [-0.2, 0) is 4.79 Å². The van der Waals surface area contributed by atoms with E-state index >= 15 is 0 Å². The van der Waals surface area contributed by atoms with Crippen molar-refractivity contribution >= 4 is 39.8 Å². The van der Waals surface area contributed by atoms with E-state index in [9.17, 15) is 10.1 Å². The van der Waals surface area contributed by atoms with Crippen molar-refractivity contribution in [3.05, 3.63) is 59.2 Å². The van der Waals surface area contributed by atoms with Gasteiger partial charge in [0.25, 0.3) is 0 Å². The van der Waals surface area contributed by atoms with Gasteiger partial charge in [0.15, 0.2) is 0 Å². The van der Waals surface area contributed by atoms with Crippen molar-refractivity contribution in [2.24, 2.45) is 5.92 Å². The molecule has 1 N–H and O–H groups in total. The van der Waals surface area contributed by atoms with E-state index in [2.05, 4.69) is 21.3 Å². The third-order valence-corrected chi connectivity index (χ3v) is 5.70. The number of nitrogens with one attached hydrogen (secondary N) is 1. The van der Waals surface area contributed by atoms with Crippen molar-refractivity contribution < 1.29 is 9.53 Å². The fourth-order valence-corrected chi connectivity index (χ4v) is 4.10. The molecule has 6 nitrogen and oxygen atoms in total. The molecular formula is C23H21ClN4O2. The number of benzene rings is 2. The SMILES string of the molecule is COc1ccc(Cl)cc1NC(=O)C1CCN(c2c(C#N)cnc3ccccc23)CC1. The Morgan fingerprint density at radius 2 is 2.03 bits per heavy atom. The first-order chi connectivity index (χ1) is 14.6. The molecule has 0 radical (unpaired) electrons. The fourth-order valence-electron chi connectivity index (χ4n) is 3.93. The van der Waals surface area contributed by atoms with Crippen LogP contribution in [0.5, 0.6) is 5.75 Å². The van der Waals surface area contributed by atoms with Gasteiger partial charge in [-0.3, -0.25) is 9.78 Å². The van der Waals surface area contributed by atoms with Gasteiger partial charge >= 0.3 is 0 Å².